The second-order valence-electron chi connectivity index (χ2n) is 4.09. The van der Waals surface area contributed by atoms with E-state index in [1.54, 1.807) is 20.2 Å². The minimum atomic E-state index is -0.128. The van der Waals surface area contributed by atoms with Crippen LogP contribution in [0.2, 0.25) is 0 Å². The number of aromatic hydroxyl groups is 1. The van der Waals surface area contributed by atoms with Gasteiger partial charge in [0.25, 0.3) is 0 Å². The normalized spacial score (nSPS) is 12.7. The van der Waals surface area contributed by atoms with Crippen molar-refractivity contribution in [3.63, 3.8) is 0 Å². The van der Waals surface area contributed by atoms with Crippen LogP contribution >= 0.6 is 0 Å². The average molecular weight is 240 g/mol. The van der Waals surface area contributed by atoms with Gasteiger partial charge in [-0.1, -0.05) is 0 Å². The van der Waals surface area contributed by atoms with E-state index >= 15 is 0 Å². The maximum atomic E-state index is 9.91. The van der Waals surface area contributed by atoms with Gasteiger partial charge in [0.1, 0.15) is 5.75 Å². The van der Waals surface area contributed by atoms with Gasteiger partial charge in [-0.15, -0.1) is 0 Å². The van der Waals surface area contributed by atoms with Gasteiger partial charge >= 0.3 is 0 Å². The SMILES string of the molecule is COCC(C)NCc1c(CO)cnc(C)c1O. The standard InChI is InChI=1S/C12H20N2O3/c1-8(7-17-3)13-5-11-10(6-15)4-14-9(2)12(11)16/h4,8,13,15-16H,5-7H2,1-3H3. The van der Waals surface area contributed by atoms with Crippen LogP contribution in [0.5, 0.6) is 5.75 Å². The molecule has 0 aliphatic heterocycles. The fourth-order valence-corrected chi connectivity index (χ4v) is 1.60. The third-order valence-electron chi connectivity index (χ3n) is 2.64. The topological polar surface area (TPSA) is 74.6 Å². The molecular weight excluding hydrogens is 220 g/mol. The Balaban J connectivity index is 2.78. The van der Waals surface area contributed by atoms with Crippen molar-refractivity contribution >= 4 is 0 Å². The molecule has 0 bridgehead atoms. The van der Waals surface area contributed by atoms with E-state index in [4.69, 9.17) is 4.74 Å². The number of aliphatic hydroxyl groups excluding tert-OH is 1. The summed E-state index contributed by atoms with van der Waals surface area (Å²) in [6.07, 6.45) is 1.59. The van der Waals surface area contributed by atoms with Crippen molar-refractivity contribution in [2.45, 2.75) is 33.0 Å². The number of aliphatic hydroxyl groups is 1. The number of rotatable bonds is 6. The summed E-state index contributed by atoms with van der Waals surface area (Å²) in [5, 5.41) is 22.3. The summed E-state index contributed by atoms with van der Waals surface area (Å²) < 4.78 is 5.02. The number of ether oxygens (including phenoxy) is 1. The molecule has 5 nitrogen and oxygen atoms in total. The molecule has 3 N–H and O–H groups in total. The van der Waals surface area contributed by atoms with Crippen LogP contribution < -0.4 is 5.32 Å². The number of pyridine rings is 1. The molecule has 1 heterocycles. The second kappa shape index (κ2) is 6.54. The van der Waals surface area contributed by atoms with Gasteiger partial charge in [-0.3, -0.25) is 4.98 Å². The number of methoxy groups -OCH3 is 1. The average Bonchev–Trinajstić information content (AvgIpc) is 2.31. The summed E-state index contributed by atoms with van der Waals surface area (Å²) >= 11 is 0. The van der Waals surface area contributed by atoms with Crippen molar-refractivity contribution in [3.8, 4) is 5.75 Å². The lowest BCUT2D eigenvalue weighted by Crippen LogP contribution is -2.30. The molecule has 0 radical (unpaired) electrons. The molecule has 0 saturated heterocycles. The van der Waals surface area contributed by atoms with E-state index in [9.17, 15) is 10.2 Å². The lowest BCUT2D eigenvalue weighted by Gasteiger charge is -2.16. The Morgan fingerprint density at radius 1 is 1.53 bits per heavy atom. The predicted molar refractivity (Wildman–Crippen MR) is 64.7 cm³/mol. The third kappa shape index (κ3) is 3.66. The van der Waals surface area contributed by atoms with E-state index in [-0.39, 0.29) is 18.4 Å². The molecule has 0 spiro atoms. The zero-order valence-electron chi connectivity index (χ0n) is 10.5. The highest BCUT2D eigenvalue weighted by molar-refractivity contribution is 5.40. The van der Waals surface area contributed by atoms with Crippen molar-refractivity contribution in [1.82, 2.24) is 10.3 Å². The van der Waals surface area contributed by atoms with Crippen LogP contribution in [0, 0.1) is 6.92 Å². The zero-order valence-corrected chi connectivity index (χ0v) is 10.5. The highest BCUT2D eigenvalue weighted by Crippen LogP contribution is 2.23. The van der Waals surface area contributed by atoms with E-state index in [1.807, 2.05) is 6.92 Å². The molecule has 1 aromatic rings. The summed E-state index contributed by atoms with van der Waals surface area (Å²) in [6, 6.07) is 0.180. The molecule has 96 valence electrons. The van der Waals surface area contributed by atoms with Gasteiger partial charge in [-0.05, 0) is 13.8 Å². The molecule has 0 aromatic carbocycles. The Kier molecular flexibility index (Phi) is 5.34. The van der Waals surface area contributed by atoms with Gasteiger partial charge in [-0.25, -0.2) is 0 Å². The molecule has 0 fully saturated rings. The summed E-state index contributed by atoms with van der Waals surface area (Å²) in [7, 11) is 1.64. The summed E-state index contributed by atoms with van der Waals surface area (Å²) in [5.41, 5.74) is 1.91. The molecule has 5 heteroatoms. The Labute approximate surface area is 101 Å². The fraction of sp³-hybridized carbons (Fsp3) is 0.583. The lowest BCUT2D eigenvalue weighted by atomic mass is 10.1. The Morgan fingerprint density at radius 2 is 2.24 bits per heavy atom. The number of hydrogen-bond acceptors (Lipinski definition) is 5. The smallest absolute Gasteiger partial charge is 0.141 e. The number of nitrogens with zero attached hydrogens (tertiary/aromatic N) is 1. The van der Waals surface area contributed by atoms with Gasteiger partial charge in [-0.2, -0.15) is 0 Å². The van der Waals surface area contributed by atoms with Crippen LogP contribution in [0.25, 0.3) is 0 Å². The molecule has 0 aliphatic rings. The van der Waals surface area contributed by atoms with Crippen LogP contribution in [-0.2, 0) is 17.9 Å². The molecule has 1 atom stereocenters. The highest BCUT2D eigenvalue weighted by atomic mass is 16.5. The quantitative estimate of drug-likeness (QED) is 0.683. The highest BCUT2D eigenvalue weighted by Gasteiger charge is 2.12. The zero-order chi connectivity index (χ0) is 12.8. The number of nitrogens with one attached hydrogen (secondary N) is 1. The molecular formula is C12H20N2O3. The fourth-order valence-electron chi connectivity index (χ4n) is 1.60. The monoisotopic (exact) mass is 240 g/mol. The van der Waals surface area contributed by atoms with E-state index < -0.39 is 0 Å². The van der Waals surface area contributed by atoms with Gasteiger partial charge in [0.15, 0.2) is 0 Å². The van der Waals surface area contributed by atoms with Crippen LogP contribution in [0.3, 0.4) is 0 Å². The Morgan fingerprint density at radius 3 is 2.82 bits per heavy atom. The number of aromatic nitrogens is 1. The van der Waals surface area contributed by atoms with Crippen molar-refractivity contribution < 1.29 is 14.9 Å². The number of hydrogen-bond donors (Lipinski definition) is 3. The van der Waals surface area contributed by atoms with Crippen molar-refractivity contribution in [1.29, 1.82) is 0 Å². The maximum absolute atomic E-state index is 9.91. The molecule has 0 amide bonds. The third-order valence-corrected chi connectivity index (χ3v) is 2.64. The first-order chi connectivity index (χ1) is 8.10. The van der Waals surface area contributed by atoms with Crippen molar-refractivity contribution in [2.24, 2.45) is 0 Å². The van der Waals surface area contributed by atoms with E-state index in [1.165, 1.54) is 0 Å². The molecule has 1 aromatic heterocycles. The minimum Gasteiger partial charge on any atom is -0.506 e. The minimum absolute atomic E-state index is 0.128. The Hall–Kier alpha value is -1.17. The summed E-state index contributed by atoms with van der Waals surface area (Å²) in [4.78, 5) is 4.01. The first kappa shape index (κ1) is 13.9. The summed E-state index contributed by atoms with van der Waals surface area (Å²) in [6.45, 7) is 4.68. The number of aryl methyl sites for hydroxylation is 1. The van der Waals surface area contributed by atoms with Crippen molar-refractivity contribution in [2.75, 3.05) is 13.7 Å². The van der Waals surface area contributed by atoms with Gasteiger partial charge < -0.3 is 20.3 Å². The molecule has 0 saturated carbocycles. The molecule has 0 aliphatic carbocycles. The van der Waals surface area contributed by atoms with Crippen LogP contribution in [-0.4, -0.2) is 35.0 Å². The van der Waals surface area contributed by atoms with Gasteiger partial charge in [0, 0.05) is 37.0 Å². The molecule has 1 rings (SSSR count). The van der Waals surface area contributed by atoms with Gasteiger partial charge in [0.2, 0.25) is 0 Å². The predicted octanol–water partition coefficient (Wildman–Crippen LogP) is 0.712. The van der Waals surface area contributed by atoms with Gasteiger partial charge in [0.05, 0.1) is 18.9 Å². The lowest BCUT2D eigenvalue weighted by molar-refractivity contribution is 0.171. The first-order valence-corrected chi connectivity index (χ1v) is 5.59. The maximum Gasteiger partial charge on any atom is 0.141 e. The largest absolute Gasteiger partial charge is 0.506 e. The first-order valence-electron chi connectivity index (χ1n) is 5.59. The van der Waals surface area contributed by atoms with E-state index in [2.05, 4.69) is 10.3 Å². The van der Waals surface area contributed by atoms with E-state index in [0.29, 0.717) is 30.0 Å². The van der Waals surface area contributed by atoms with E-state index in [0.717, 1.165) is 0 Å². The second-order valence-corrected chi connectivity index (χ2v) is 4.09. The van der Waals surface area contributed by atoms with Crippen LogP contribution in [0.4, 0.5) is 0 Å². The Bertz CT molecular complexity index is 369. The summed E-state index contributed by atoms with van der Waals surface area (Å²) in [5.74, 6) is 0.147. The molecule has 1 unspecified atom stereocenters. The molecule has 17 heavy (non-hydrogen) atoms. The van der Waals surface area contributed by atoms with Crippen LogP contribution in [0.15, 0.2) is 6.20 Å². The van der Waals surface area contributed by atoms with Crippen LogP contribution in [0.1, 0.15) is 23.7 Å². The van der Waals surface area contributed by atoms with Crippen molar-refractivity contribution in [3.05, 3.63) is 23.0 Å².